The predicted molar refractivity (Wildman–Crippen MR) is 76.8 cm³/mol. The molecule has 0 aliphatic rings. The van der Waals surface area contributed by atoms with E-state index in [0.29, 0.717) is 19.5 Å². The first-order valence-corrected chi connectivity index (χ1v) is 6.61. The molecule has 0 saturated heterocycles. The van der Waals surface area contributed by atoms with Crippen LogP contribution in [0.2, 0.25) is 0 Å². The van der Waals surface area contributed by atoms with E-state index in [9.17, 15) is 4.79 Å². The summed E-state index contributed by atoms with van der Waals surface area (Å²) in [6.45, 7) is 4.46. The van der Waals surface area contributed by atoms with Gasteiger partial charge in [-0.3, -0.25) is 9.69 Å². The number of nitrogens with zero attached hydrogens (tertiary/aromatic N) is 1. The zero-order chi connectivity index (χ0) is 14.1. The molecule has 5 nitrogen and oxygen atoms in total. The lowest BCUT2D eigenvalue weighted by Crippen LogP contribution is -2.34. The van der Waals surface area contributed by atoms with Crippen LogP contribution in [0.4, 0.5) is 5.69 Å². The van der Waals surface area contributed by atoms with E-state index < -0.39 is 0 Å². The standard InChI is InChI=1S/C14H23N3O2/c1-2-17(7-4-8-18)11-14(19)16-13-6-3-5-12(9-13)10-15/h3,5-6,9,18H,2,4,7-8,10-11,15H2,1H3,(H,16,19). The number of rotatable bonds is 8. The van der Waals surface area contributed by atoms with Gasteiger partial charge in [0.05, 0.1) is 6.54 Å². The zero-order valence-corrected chi connectivity index (χ0v) is 11.4. The molecule has 0 saturated carbocycles. The Morgan fingerprint density at radius 1 is 1.47 bits per heavy atom. The second-order valence-electron chi connectivity index (χ2n) is 4.40. The number of carbonyl (C=O) groups is 1. The first-order valence-electron chi connectivity index (χ1n) is 6.61. The van der Waals surface area contributed by atoms with Crippen molar-refractivity contribution in [2.75, 3.05) is 31.6 Å². The number of aliphatic hydroxyl groups excluding tert-OH is 1. The molecule has 106 valence electrons. The molecule has 0 bridgehead atoms. The first-order chi connectivity index (χ1) is 9.19. The van der Waals surface area contributed by atoms with Crippen LogP contribution in [0.5, 0.6) is 0 Å². The largest absolute Gasteiger partial charge is 0.396 e. The van der Waals surface area contributed by atoms with Gasteiger partial charge in [0.25, 0.3) is 0 Å². The highest BCUT2D eigenvalue weighted by atomic mass is 16.3. The van der Waals surface area contributed by atoms with Crippen LogP contribution in [0.1, 0.15) is 18.9 Å². The van der Waals surface area contributed by atoms with Gasteiger partial charge in [0.1, 0.15) is 0 Å². The molecule has 0 spiro atoms. The van der Waals surface area contributed by atoms with Gasteiger partial charge in [0.2, 0.25) is 5.91 Å². The maximum absolute atomic E-state index is 11.9. The third kappa shape index (κ3) is 5.83. The number of carbonyl (C=O) groups excluding carboxylic acids is 1. The predicted octanol–water partition coefficient (Wildman–Crippen LogP) is 0.788. The quantitative estimate of drug-likeness (QED) is 0.649. The number of amides is 1. The fourth-order valence-electron chi connectivity index (χ4n) is 1.82. The van der Waals surface area contributed by atoms with Crippen molar-refractivity contribution >= 4 is 11.6 Å². The molecule has 1 aromatic carbocycles. The zero-order valence-electron chi connectivity index (χ0n) is 11.4. The highest BCUT2D eigenvalue weighted by molar-refractivity contribution is 5.92. The highest BCUT2D eigenvalue weighted by Crippen LogP contribution is 2.10. The lowest BCUT2D eigenvalue weighted by atomic mass is 10.2. The van der Waals surface area contributed by atoms with E-state index >= 15 is 0 Å². The molecule has 4 N–H and O–H groups in total. The Morgan fingerprint density at radius 3 is 2.89 bits per heavy atom. The van der Waals surface area contributed by atoms with E-state index in [-0.39, 0.29) is 12.5 Å². The lowest BCUT2D eigenvalue weighted by molar-refractivity contribution is -0.117. The number of likely N-dealkylation sites (N-methyl/N-ethyl adjacent to an activating group) is 1. The molecule has 0 unspecified atom stereocenters. The van der Waals surface area contributed by atoms with Crippen LogP contribution in [0.15, 0.2) is 24.3 Å². The van der Waals surface area contributed by atoms with Crippen molar-refractivity contribution in [2.45, 2.75) is 19.9 Å². The number of nitrogens with one attached hydrogen (secondary N) is 1. The van der Waals surface area contributed by atoms with E-state index in [1.165, 1.54) is 0 Å². The minimum atomic E-state index is -0.0473. The second kappa shape index (κ2) is 8.63. The molecule has 5 heteroatoms. The fourth-order valence-corrected chi connectivity index (χ4v) is 1.82. The van der Waals surface area contributed by atoms with Gasteiger partial charge in [-0.05, 0) is 30.7 Å². The minimum absolute atomic E-state index is 0.0473. The maximum atomic E-state index is 11.9. The van der Waals surface area contributed by atoms with Crippen LogP contribution < -0.4 is 11.1 Å². The summed E-state index contributed by atoms with van der Waals surface area (Å²) in [6.07, 6.45) is 0.684. The summed E-state index contributed by atoms with van der Waals surface area (Å²) in [5, 5.41) is 11.7. The number of benzene rings is 1. The molecule has 0 aliphatic heterocycles. The molecule has 1 aromatic rings. The van der Waals surface area contributed by atoms with Gasteiger partial charge >= 0.3 is 0 Å². The Labute approximate surface area is 114 Å². The van der Waals surface area contributed by atoms with Gasteiger partial charge in [-0.1, -0.05) is 19.1 Å². The number of anilines is 1. The second-order valence-corrected chi connectivity index (χ2v) is 4.40. The van der Waals surface area contributed by atoms with E-state index in [4.69, 9.17) is 10.8 Å². The maximum Gasteiger partial charge on any atom is 0.238 e. The molecule has 0 aliphatic carbocycles. The van der Waals surface area contributed by atoms with Crippen LogP contribution in [0, 0.1) is 0 Å². The van der Waals surface area contributed by atoms with Crippen molar-refractivity contribution in [2.24, 2.45) is 5.73 Å². The Hall–Kier alpha value is -1.43. The van der Waals surface area contributed by atoms with Crippen molar-refractivity contribution < 1.29 is 9.90 Å². The van der Waals surface area contributed by atoms with Gasteiger partial charge < -0.3 is 16.2 Å². The fraction of sp³-hybridized carbons (Fsp3) is 0.500. The number of nitrogens with two attached hydrogens (primary N) is 1. The van der Waals surface area contributed by atoms with Gasteiger partial charge in [-0.25, -0.2) is 0 Å². The molecule has 0 radical (unpaired) electrons. The third-order valence-corrected chi connectivity index (χ3v) is 2.89. The lowest BCUT2D eigenvalue weighted by Gasteiger charge is -2.19. The SMILES string of the molecule is CCN(CCCO)CC(=O)Nc1cccc(CN)c1. The number of hydrogen-bond acceptors (Lipinski definition) is 4. The Morgan fingerprint density at radius 2 is 2.26 bits per heavy atom. The molecule has 19 heavy (non-hydrogen) atoms. The summed E-state index contributed by atoms with van der Waals surface area (Å²) in [4.78, 5) is 13.9. The average Bonchev–Trinajstić information content (AvgIpc) is 2.43. The van der Waals surface area contributed by atoms with Crippen LogP contribution in [-0.2, 0) is 11.3 Å². The summed E-state index contributed by atoms with van der Waals surface area (Å²) < 4.78 is 0. The van der Waals surface area contributed by atoms with Crippen LogP contribution in [0.25, 0.3) is 0 Å². The van der Waals surface area contributed by atoms with Crippen molar-refractivity contribution in [1.29, 1.82) is 0 Å². The molecule has 0 fully saturated rings. The summed E-state index contributed by atoms with van der Waals surface area (Å²) in [7, 11) is 0. The molecule has 0 atom stereocenters. The van der Waals surface area contributed by atoms with Gasteiger partial charge in [0, 0.05) is 25.4 Å². The molecular formula is C14H23N3O2. The van der Waals surface area contributed by atoms with E-state index in [0.717, 1.165) is 24.3 Å². The first kappa shape index (κ1) is 15.6. The smallest absolute Gasteiger partial charge is 0.238 e. The normalized spacial score (nSPS) is 10.7. The number of hydrogen-bond donors (Lipinski definition) is 3. The summed E-state index contributed by atoms with van der Waals surface area (Å²) >= 11 is 0. The van der Waals surface area contributed by atoms with E-state index in [1.807, 2.05) is 36.1 Å². The molecule has 1 rings (SSSR count). The molecule has 0 heterocycles. The van der Waals surface area contributed by atoms with Crippen LogP contribution in [0.3, 0.4) is 0 Å². The molecular weight excluding hydrogens is 242 g/mol. The number of aliphatic hydroxyl groups is 1. The average molecular weight is 265 g/mol. The third-order valence-electron chi connectivity index (χ3n) is 2.89. The Bertz CT molecular complexity index is 396. The van der Waals surface area contributed by atoms with Crippen molar-refractivity contribution in [3.05, 3.63) is 29.8 Å². The van der Waals surface area contributed by atoms with E-state index in [1.54, 1.807) is 0 Å². The Balaban J connectivity index is 2.49. The van der Waals surface area contributed by atoms with E-state index in [2.05, 4.69) is 5.32 Å². The van der Waals surface area contributed by atoms with Crippen LogP contribution in [-0.4, -0.2) is 42.2 Å². The molecule has 1 amide bonds. The Kier molecular flexibility index (Phi) is 7.10. The monoisotopic (exact) mass is 265 g/mol. The topological polar surface area (TPSA) is 78.6 Å². The molecule has 0 aromatic heterocycles. The van der Waals surface area contributed by atoms with Crippen LogP contribution >= 0.6 is 0 Å². The minimum Gasteiger partial charge on any atom is -0.396 e. The van der Waals surface area contributed by atoms with Gasteiger partial charge in [-0.15, -0.1) is 0 Å². The highest BCUT2D eigenvalue weighted by Gasteiger charge is 2.09. The summed E-state index contributed by atoms with van der Waals surface area (Å²) in [5.74, 6) is -0.0473. The van der Waals surface area contributed by atoms with Gasteiger partial charge in [0.15, 0.2) is 0 Å². The van der Waals surface area contributed by atoms with Crippen molar-refractivity contribution in [1.82, 2.24) is 4.90 Å². The van der Waals surface area contributed by atoms with Crippen molar-refractivity contribution in [3.63, 3.8) is 0 Å². The summed E-state index contributed by atoms with van der Waals surface area (Å²) in [6, 6.07) is 7.53. The van der Waals surface area contributed by atoms with Crippen molar-refractivity contribution in [3.8, 4) is 0 Å². The summed E-state index contributed by atoms with van der Waals surface area (Å²) in [5.41, 5.74) is 7.32. The van der Waals surface area contributed by atoms with Gasteiger partial charge in [-0.2, -0.15) is 0 Å².